The minimum Gasteiger partial charge on any atom is -0.385 e. The van der Waals surface area contributed by atoms with Gasteiger partial charge in [-0.05, 0) is 37.5 Å². The first kappa shape index (κ1) is 18.1. The Kier molecular flexibility index (Phi) is 4.47. The zero-order valence-corrected chi connectivity index (χ0v) is 15.9. The molecular formula is C19H20F2N4OS. The van der Waals surface area contributed by atoms with E-state index in [0.717, 1.165) is 34.2 Å². The number of halogens is 2. The molecule has 1 aliphatic rings. The van der Waals surface area contributed by atoms with Gasteiger partial charge in [0, 0.05) is 37.3 Å². The molecule has 8 heteroatoms. The van der Waals surface area contributed by atoms with Crippen LogP contribution in [0, 0.1) is 18.6 Å². The lowest BCUT2D eigenvalue weighted by Gasteiger charge is -2.38. The van der Waals surface area contributed by atoms with Crippen LogP contribution in [-0.2, 0) is 12.6 Å². The quantitative estimate of drug-likeness (QED) is 0.742. The zero-order chi connectivity index (χ0) is 19.2. The summed E-state index contributed by atoms with van der Waals surface area (Å²) < 4.78 is 28.5. The van der Waals surface area contributed by atoms with Crippen LogP contribution < -0.4 is 4.90 Å². The van der Waals surface area contributed by atoms with E-state index in [1.807, 2.05) is 25.5 Å². The molecule has 4 rings (SSSR count). The fourth-order valence-electron chi connectivity index (χ4n) is 3.53. The summed E-state index contributed by atoms with van der Waals surface area (Å²) in [5.74, 6) is -1.83. The number of nitrogens with zero attached hydrogens (tertiary/aromatic N) is 4. The van der Waals surface area contributed by atoms with E-state index in [0.29, 0.717) is 31.5 Å². The third-order valence-electron chi connectivity index (χ3n) is 5.10. The van der Waals surface area contributed by atoms with Crippen molar-refractivity contribution >= 4 is 16.5 Å². The molecule has 142 valence electrons. The Morgan fingerprint density at radius 3 is 2.56 bits per heavy atom. The lowest BCUT2D eigenvalue weighted by atomic mass is 9.84. The molecule has 0 unspecified atom stereocenters. The zero-order valence-electron chi connectivity index (χ0n) is 15.1. The molecule has 1 saturated heterocycles. The summed E-state index contributed by atoms with van der Waals surface area (Å²) in [5, 5.41) is 18.2. The molecule has 0 spiro atoms. The first-order valence-corrected chi connectivity index (χ1v) is 9.63. The maximum atomic E-state index is 13.5. The van der Waals surface area contributed by atoms with Crippen LogP contribution in [0.1, 0.15) is 24.1 Å². The van der Waals surface area contributed by atoms with Gasteiger partial charge in [0.15, 0.2) is 16.8 Å². The molecule has 0 atom stereocenters. The summed E-state index contributed by atoms with van der Waals surface area (Å²) in [4.78, 5) is 6.84. The van der Waals surface area contributed by atoms with E-state index in [1.54, 1.807) is 16.0 Å². The van der Waals surface area contributed by atoms with Gasteiger partial charge >= 0.3 is 0 Å². The molecule has 0 radical (unpaired) electrons. The molecule has 3 aromatic rings. The number of piperidine rings is 1. The lowest BCUT2D eigenvalue weighted by molar-refractivity contribution is 0.0114. The third kappa shape index (κ3) is 3.35. The molecule has 1 fully saturated rings. The maximum Gasteiger partial charge on any atom is 0.185 e. The predicted octanol–water partition coefficient (Wildman–Crippen LogP) is 3.62. The van der Waals surface area contributed by atoms with Gasteiger partial charge in [-0.1, -0.05) is 6.07 Å². The maximum absolute atomic E-state index is 13.5. The van der Waals surface area contributed by atoms with Crippen molar-refractivity contribution in [2.75, 3.05) is 18.0 Å². The average Bonchev–Trinajstić information content (AvgIpc) is 3.24. The summed E-state index contributed by atoms with van der Waals surface area (Å²) in [6, 6.07) is 3.62. The second-order valence-corrected chi connectivity index (χ2v) is 7.80. The summed E-state index contributed by atoms with van der Waals surface area (Å²) in [6.07, 6.45) is 2.81. The fourth-order valence-corrected chi connectivity index (χ4v) is 4.41. The van der Waals surface area contributed by atoms with E-state index >= 15 is 0 Å². The summed E-state index contributed by atoms with van der Waals surface area (Å²) in [5.41, 5.74) is 2.11. The van der Waals surface area contributed by atoms with Crippen LogP contribution in [0.2, 0.25) is 0 Å². The van der Waals surface area contributed by atoms with Crippen molar-refractivity contribution in [2.45, 2.75) is 25.4 Å². The molecule has 1 N–H and O–H groups in total. The number of aromatic nitrogens is 3. The number of thiazole rings is 1. The van der Waals surface area contributed by atoms with Crippen LogP contribution >= 0.6 is 11.3 Å². The van der Waals surface area contributed by atoms with Crippen LogP contribution in [-0.4, -0.2) is 33.0 Å². The highest BCUT2D eigenvalue weighted by Crippen LogP contribution is 2.37. The van der Waals surface area contributed by atoms with E-state index in [-0.39, 0.29) is 0 Å². The van der Waals surface area contributed by atoms with Crippen molar-refractivity contribution in [2.24, 2.45) is 7.05 Å². The first-order chi connectivity index (χ1) is 12.9. The van der Waals surface area contributed by atoms with Crippen LogP contribution in [0.25, 0.3) is 11.3 Å². The van der Waals surface area contributed by atoms with Gasteiger partial charge in [0.05, 0.1) is 17.0 Å². The van der Waals surface area contributed by atoms with Crippen molar-refractivity contribution < 1.29 is 13.9 Å². The van der Waals surface area contributed by atoms with E-state index in [2.05, 4.69) is 10.00 Å². The molecule has 0 amide bonds. The molecule has 5 nitrogen and oxygen atoms in total. The van der Waals surface area contributed by atoms with Crippen LogP contribution in [0.15, 0.2) is 29.8 Å². The van der Waals surface area contributed by atoms with E-state index < -0.39 is 17.2 Å². The van der Waals surface area contributed by atoms with Crippen molar-refractivity contribution in [1.82, 2.24) is 14.8 Å². The molecule has 27 heavy (non-hydrogen) atoms. The van der Waals surface area contributed by atoms with Gasteiger partial charge in [0.1, 0.15) is 0 Å². The Balaban J connectivity index is 1.49. The highest BCUT2D eigenvalue weighted by molar-refractivity contribution is 7.14. The smallest absolute Gasteiger partial charge is 0.185 e. The van der Waals surface area contributed by atoms with Gasteiger partial charge in [-0.25, -0.2) is 13.8 Å². The van der Waals surface area contributed by atoms with Crippen molar-refractivity contribution in [3.8, 4) is 11.3 Å². The van der Waals surface area contributed by atoms with E-state index in [9.17, 15) is 13.9 Å². The second kappa shape index (κ2) is 6.69. The third-order valence-corrected chi connectivity index (χ3v) is 6.00. The largest absolute Gasteiger partial charge is 0.385 e. The predicted molar refractivity (Wildman–Crippen MR) is 101 cm³/mol. The number of hydrogen-bond donors (Lipinski definition) is 1. The highest BCUT2D eigenvalue weighted by Gasteiger charge is 2.35. The Morgan fingerprint density at radius 1 is 1.19 bits per heavy atom. The Labute approximate surface area is 159 Å². The Hall–Kier alpha value is -2.32. The van der Waals surface area contributed by atoms with Crippen LogP contribution in [0.4, 0.5) is 13.9 Å². The normalized spacial score (nSPS) is 16.7. The number of aryl methyl sites for hydroxylation is 2. The average molecular weight is 390 g/mol. The summed E-state index contributed by atoms with van der Waals surface area (Å²) in [6.45, 7) is 3.14. The van der Waals surface area contributed by atoms with Crippen LogP contribution in [0.5, 0.6) is 0 Å². The van der Waals surface area contributed by atoms with Crippen molar-refractivity contribution in [3.63, 3.8) is 0 Å². The van der Waals surface area contributed by atoms with Gasteiger partial charge < -0.3 is 10.0 Å². The van der Waals surface area contributed by atoms with Gasteiger partial charge in [0.2, 0.25) is 0 Å². The molecule has 0 saturated carbocycles. The number of benzene rings is 1. The van der Waals surface area contributed by atoms with Crippen LogP contribution in [0.3, 0.4) is 0 Å². The Morgan fingerprint density at radius 2 is 1.93 bits per heavy atom. The van der Waals surface area contributed by atoms with E-state index in [1.165, 1.54) is 6.07 Å². The minimum absolute atomic E-state index is 0.423. The molecule has 1 aromatic carbocycles. The van der Waals surface area contributed by atoms with Gasteiger partial charge in [0.25, 0.3) is 0 Å². The SMILES string of the molecule is Cc1nn(C)cc1-c1csc(N2CCC(O)(c3ccc(F)c(F)c3)CC2)n1. The Bertz CT molecular complexity index is 976. The molecular weight excluding hydrogens is 370 g/mol. The summed E-state index contributed by atoms with van der Waals surface area (Å²) in [7, 11) is 1.88. The minimum atomic E-state index is -1.15. The number of aliphatic hydroxyl groups is 1. The lowest BCUT2D eigenvalue weighted by Crippen LogP contribution is -2.42. The first-order valence-electron chi connectivity index (χ1n) is 8.75. The number of rotatable bonds is 3. The van der Waals surface area contributed by atoms with Gasteiger partial charge in [-0.2, -0.15) is 5.10 Å². The second-order valence-electron chi connectivity index (χ2n) is 6.96. The number of hydrogen-bond acceptors (Lipinski definition) is 5. The van der Waals surface area contributed by atoms with Crippen molar-refractivity contribution in [3.05, 3.63) is 52.7 Å². The molecule has 0 bridgehead atoms. The molecule has 2 aromatic heterocycles. The highest BCUT2D eigenvalue weighted by atomic mass is 32.1. The summed E-state index contributed by atoms with van der Waals surface area (Å²) >= 11 is 1.56. The monoisotopic (exact) mass is 390 g/mol. The topological polar surface area (TPSA) is 54.2 Å². The standard InChI is InChI=1S/C19H20F2N4OS/c1-12-14(10-24(2)23-12)17-11-27-18(22-17)25-7-5-19(26,6-8-25)13-3-4-15(20)16(21)9-13/h3-4,9-11,26H,5-8H2,1-2H3. The van der Waals surface area contributed by atoms with Gasteiger partial charge in [-0.3, -0.25) is 4.68 Å². The van der Waals surface area contributed by atoms with E-state index in [4.69, 9.17) is 4.98 Å². The van der Waals surface area contributed by atoms with Gasteiger partial charge in [-0.15, -0.1) is 11.3 Å². The van der Waals surface area contributed by atoms with Crippen molar-refractivity contribution in [1.29, 1.82) is 0 Å². The molecule has 3 heterocycles. The molecule has 0 aliphatic carbocycles. The fraction of sp³-hybridized carbons (Fsp3) is 0.368. The molecule has 1 aliphatic heterocycles. The number of anilines is 1.